The molecule has 0 bridgehead atoms. The maximum absolute atomic E-state index is 12.2. The van der Waals surface area contributed by atoms with Crippen molar-refractivity contribution in [1.82, 2.24) is 0 Å². The summed E-state index contributed by atoms with van der Waals surface area (Å²) in [6.45, 7) is 0. The number of allylic oxidation sites excluding steroid dienone is 1. The van der Waals surface area contributed by atoms with Crippen molar-refractivity contribution < 1.29 is 48.3 Å². The summed E-state index contributed by atoms with van der Waals surface area (Å²) in [4.78, 5) is 0. The standard InChI is InChI=1S/C6HF11/c7-1-2(8)3(9,10)4(11,12)5(13,14)6(15,16)17/h1H/b2-1+. The van der Waals surface area contributed by atoms with Gasteiger partial charge in [0.05, 0.1) is 0 Å². The third-order valence-corrected chi connectivity index (χ3v) is 1.54. The van der Waals surface area contributed by atoms with Gasteiger partial charge in [0, 0.05) is 0 Å². The Bertz CT molecular complexity index is 308. The molecule has 11 heteroatoms. The molecule has 0 unspecified atom stereocenters. The van der Waals surface area contributed by atoms with E-state index < -0.39 is 36.1 Å². The largest absolute Gasteiger partial charge is 0.460 e. The molecule has 0 rings (SSSR count). The van der Waals surface area contributed by atoms with Gasteiger partial charge in [0.2, 0.25) is 5.83 Å². The molecule has 0 N–H and O–H groups in total. The minimum absolute atomic E-state index is 1.83. The second-order valence-corrected chi connectivity index (χ2v) is 2.68. The summed E-state index contributed by atoms with van der Waals surface area (Å²) in [6, 6.07) is 0. The van der Waals surface area contributed by atoms with Crippen molar-refractivity contribution in [1.29, 1.82) is 0 Å². The lowest BCUT2D eigenvalue weighted by atomic mass is 10.0. The fourth-order valence-electron chi connectivity index (χ4n) is 0.594. The van der Waals surface area contributed by atoms with Crippen LogP contribution < -0.4 is 0 Å². The van der Waals surface area contributed by atoms with Crippen LogP contribution in [0.15, 0.2) is 12.2 Å². The molecule has 0 saturated carbocycles. The summed E-state index contributed by atoms with van der Waals surface area (Å²) >= 11 is 0. The van der Waals surface area contributed by atoms with E-state index in [0.29, 0.717) is 0 Å². The van der Waals surface area contributed by atoms with Crippen molar-refractivity contribution in [2.45, 2.75) is 23.9 Å². The monoisotopic (exact) mass is 282 g/mol. The number of halogens is 11. The molecule has 0 heterocycles. The van der Waals surface area contributed by atoms with E-state index in [0.717, 1.165) is 0 Å². The Morgan fingerprint density at radius 1 is 0.706 bits per heavy atom. The highest BCUT2D eigenvalue weighted by atomic mass is 19.4. The first kappa shape index (κ1) is 16.0. The maximum Gasteiger partial charge on any atom is 0.460 e. The van der Waals surface area contributed by atoms with Gasteiger partial charge in [-0.25, -0.2) is 8.78 Å². The van der Waals surface area contributed by atoms with Crippen molar-refractivity contribution in [3.05, 3.63) is 12.2 Å². The minimum Gasteiger partial charge on any atom is -0.212 e. The van der Waals surface area contributed by atoms with Crippen molar-refractivity contribution in [3.63, 3.8) is 0 Å². The lowest BCUT2D eigenvalue weighted by molar-refractivity contribution is -0.391. The Kier molecular flexibility index (Phi) is 3.77. The summed E-state index contributed by atoms with van der Waals surface area (Å²) < 4.78 is 130. The third-order valence-electron chi connectivity index (χ3n) is 1.54. The van der Waals surface area contributed by atoms with E-state index in [2.05, 4.69) is 0 Å². The average molecular weight is 282 g/mol. The SMILES string of the molecule is F/C=C(/F)C(F)(F)C(F)(F)C(F)(F)C(F)(F)F. The molecular formula is C6HF11. The zero-order chi connectivity index (χ0) is 14.3. The number of hydrogen-bond donors (Lipinski definition) is 0. The van der Waals surface area contributed by atoms with Gasteiger partial charge >= 0.3 is 23.9 Å². The molecule has 0 aliphatic heterocycles. The Morgan fingerprint density at radius 3 is 1.29 bits per heavy atom. The average Bonchev–Trinajstić information content (AvgIpc) is 2.13. The van der Waals surface area contributed by atoms with E-state index in [9.17, 15) is 48.3 Å². The van der Waals surface area contributed by atoms with Crippen molar-refractivity contribution in [3.8, 4) is 0 Å². The molecule has 0 radical (unpaired) electrons. The van der Waals surface area contributed by atoms with Gasteiger partial charge in [0.25, 0.3) is 0 Å². The summed E-state index contributed by atoms with van der Waals surface area (Å²) in [5, 5.41) is 0. The fourth-order valence-corrected chi connectivity index (χ4v) is 0.594. The first-order valence-electron chi connectivity index (χ1n) is 3.40. The zero-order valence-electron chi connectivity index (χ0n) is 7.23. The Morgan fingerprint density at radius 2 is 1.06 bits per heavy atom. The highest BCUT2D eigenvalue weighted by molar-refractivity contribution is 5.13. The van der Waals surface area contributed by atoms with Crippen LogP contribution in [0.5, 0.6) is 0 Å². The highest BCUT2D eigenvalue weighted by Gasteiger charge is 2.83. The number of alkyl halides is 9. The van der Waals surface area contributed by atoms with Crippen LogP contribution in [-0.4, -0.2) is 23.9 Å². The Labute approximate surface area is 85.7 Å². The van der Waals surface area contributed by atoms with Crippen LogP contribution in [-0.2, 0) is 0 Å². The smallest absolute Gasteiger partial charge is 0.212 e. The normalized spacial score (nSPS) is 16.3. The van der Waals surface area contributed by atoms with Crippen molar-refractivity contribution in [2.24, 2.45) is 0 Å². The van der Waals surface area contributed by atoms with Crippen LogP contribution in [0.25, 0.3) is 0 Å². The van der Waals surface area contributed by atoms with Crippen molar-refractivity contribution in [2.75, 3.05) is 0 Å². The van der Waals surface area contributed by atoms with Gasteiger partial charge in [-0.1, -0.05) is 0 Å². The molecule has 0 aromatic rings. The molecule has 0 saturated heterocycles. The van der Waals surface area contributed by atoms with Crippen molar-refractivity contribution >= 4 is 0 Å². The van der Waals surface area contributed by atoms with E-state index in [1.54, 1.807) is 0 Å². The number of hydrogen-bond acceptors (Lipinski definition) is 0. The van der Waals surface area contributed by atoms with E-state index >= 15 is 0 Å². The molecule has 0 amide bonds. The predicted molar refractivity (Wildman–Crippen MR) is 31.2 cm³/mol. The molecule has 0 nitrogen and oxygen atoms in total. The lowest BCUT2D eigenvalue weighted by Gasteiger charge is -2.32. The molecule has 0 atom stereocenters. The molecule has 0 aromatic heterocycles. The lowest BCUT2D eigenvalue weighted by Crippen LogP contribution is -2.61. The van der Waals surface area contributed by atoms with E-state index in [4.69, 9.17) is 0 Å². The predicted octanol–water partition coefficient (Wildman–Crippen LogP) is 4.24. The van der Waals surface area contributed by atoms with Gasteiger partial charge in [-0.05, 0) is 0 Å². The molecule has 0 aliphatic carbocycles. The highest BCUT2D eigenvalue weighted by Crippen LogP contribution is 2.55. The molecule has 0 aromatic carbocycles. The quantitative estimate of drug-likeness (QED) is 0.679. The molecule has 0 aliphatic rings. The summed E-state index contributed by atoms with van der Waals surface area (Å²) in [6.07, 6.45) is -8.89. The topological polar surface area (TPSA) is 0 Å². The van der Waals surface area contributed by atoms with Crippen LogP contribution in [0.3, 0.4) is 0 Å². The second kappa shape index (κ2) is 4.02. The molecule has 17 heavy (non-hydrogen) atoms. The minimum atomic E-state index is -7.23. The fraction of sp³-hybridized carbons (Fsp3) is 0.667. The van der Waals surface area contributed by atoms with Crippen LogP contribution >= 0.6 is 0 Å². The van der Waals surface area contributed by atoms with E-state index in [-0.39, 0.29) is 0 Å². The second-order valence-electron chi connectivity index (χ2n) is 2.68. The van der Waals surface area contributed by atoms with Gasteiger partial charge in [0.15, 0.2) is 0 Å². The zero-order valence-corrected chi connectivity index (χ0v) is 7.23. The maximum atomic E-state index is 12.2. The van der Waals surface area contributed by atoms with Gasteiger partial charge in [-0.15, -0.1) is 0 Å². The van der Waals surface area contributed by atoms with E-state index in [1.807, 2.05) is 0 Å². The summed E-state index contributed by atoms with van der Waals surface area (Å²) in [5.41, 5.74) is 0. The number of rotatable bonds is 3. The first-order chi connectivity index (χ1) is 7.23. The molecular weight excluding hydrogens is 281 g/mol. The van der Waals surface area contributed by atoms with Gasteiger partial charge in [-0.3, -0.25) is 0 Å². The van der Waals surface area contributed by atoms with Crippen LogP contribution in [0.1, 0.15) is 0 Å². The van der Waals surface area contributed by atoms with Gasteiger partial charge in [-0.2, -0.15) is 39.5 Å². The Balaban J connectivity index is 5.72. The van der Waals surface area contributed by atoms with E-state index in [1.165, 1.54) is 0 Å². The van der Waals surface area contributed by atoms with Gasteiger partial charge in [0.1, 0.15) is 6.33 Å². The van der Waals surface area contributed by atoms with Crippen LogP contribution in [0, 0.1) is 0 Å². The summed E-state index contributed by atoms with van der Waals surface area (Å²) in [5.74, 6) is -24.8. The van der Waals surface area contributed by atoms with Gasteiger partial charge < -0.3 is 0 Å². The molecule has 0 spiro atoms. The van der Waals surface area contributed by atoms with Crippen LogP contribution in [0.2, 0.25) is 0 Å². The first-order valence-corrected chi connectivity index (χ1v) is 3.40. The Hall–Kier alpha value is -1.03. The molecule has 102 valence electrons. The summed E-state index contributed by atoms with van der Waals surface area (Å²) in [7, 11) is 0. The van der Waals surface area contributed by atoms with Crippen LogP contribution in [0.4, 0.5) is 48.3 Å². The molecule has 0 fully saturated rings. The third kappa shape index (κ3) is 2.18.